The maximum atomic E-state index is 12.4. The van der Waals surface area contributed by atoms with E-state index in [1.54, 1.807) is 6.20 Å². The Kier molecular flexibility index (Phi) is 5.65. The van der Waals surface area contributed by atoms with E-state index in [4.69, 9.17) is 9.47 Å². The van der Waals surface area contributed by atoms with E-state index in [-0.39, 0.29) is 12.1 Å². The summed E-state index contributed by atoms with van der Waals surface area (Å²) in [6.45, 7) is 4.15. The quantitative estimate of drug-likeness (QED) is 0.675. The summed E-state index contributed by atoms with van der Waals surface area (Å²) in [5.41, 5.74) is 3.14. The lowest BCUT2D eigenvalue weighted by Crippen LogP contribution is -2.36. The summed E-state index contributed by atoms with van der Waals surface area (Å²) in [5, 5.41) is 10.2. The maximum absolute atomic E-state index is 12.4. The second-order valence-corrected chi connectivity index (χ2v) is 6.92. The molecule has 1 aliphatic rings. The zero-order valence-electron chi connectivity index (χ0n) is 16.3. The number of nitrogens with one attached hydrogen (secondary N) is 2. The van der Waals surface area contributed by atoms with Crippen molar-refractivity contribution in [3.05, 3.63) is 77.6 Å². The number of rotatable bonds is 6. The fourth-order valence-electron chi connectivity index (χ4n) is 3.29. The standard InChI is InChI=1S/C22H24N4O3/c1-16(17-7-8-20-21(13-17)29-12-11-28-20)25-22(27)23-14-18-5-2-3-6-19(18)15-26-10-4-9-24-26/h2-10,13,16H,11-12,14-15H2,1H3,(H2,23,25,27). The Hall–Kier alpha value is -3.48. The van der Waals surface area contributed by atoms with Gasteiger partial charge in [0.2, 0.25) is 0 Å². The van der Waals surface area contributed by atoms with Crippen LogP contribution in [0.4, 0.5) is 4.79 Å². The lowest BCUT2D eigenvalue weighted by atomic mass is 10.1. The molecule has 1 atom stereocenters. The Morgan fingerprint density at radius 1 is 1.10 bits per heavy atom. The third kappa shape index (κ3) is 4.68. The van der Waals surface area contributed by atoms with Crippen LogP contribution in [0.2, 0.25) is 0 Å². The van der Waals surface area contributed by atoms with Gasteiger partial charge in [-0.1, -0.05) is 30.3 Å². The zero-order chi connectivity index (χ0) is 20.1. The van der Waals surface area contributed by atoms with Gasteiger partial charge >= 0.3 is 6.03 Å². The third-order valence-electron chi connectivity index (χ3n) is 4.86. The number of nitrogens with zero attached hydrogens (tertiary/aromatic N) is 2. The molecule has 2 aromatic carbocycles. The number of hydrogen-bond donors (Lipinski definition) is 2. The molecule has 29 heavy (non-hydrogen) atoms. The summed E-state index contributed by atoms with van der Waals surface area (Å²) in [4.78, 5) is 12.4. The van der Waals surface area contributed by atoms with Crippen LogP contribution in [0.3, 0.4) is 0 Å². The van der Waals surface area contributed by atoms with Crippen LogP contribution in [0.5, 0.6) is 11.5 Å². The molecule has 4 rings (SSSR count). The first-order chi connectivity index (χ1) is 14.2. The SMILES string of the molecule is CC(NC(=O)NCc1ccccc1Cn1cccn1)c1ccc2c(c1)OCCO2. The van der Waals surface area contributed by atoms with Gasteiger partial charge < -0.3 is 20.1 Å². The number of ether oxygens (including phenoxy) is 2. The Labute approximate surface area is 169 Å². The van der Waals surface area contributed by atoms with E-state index < -0.39 is 0 Å². The summed E-state index contributed by atoms with van der Waals surface area (Å²) in [6, 6.07) is 15.3. The molecule has 0 fully saturated rings. The molecule has 2 N–H and O–H groups in total. The number of amides is 2. The summed E-state index contributed by atoms with van der Waals surface area (Å²) >= 11 is 0. The number of aromatic nitrogens is 2. The summed E-state index contributed by atoms with van der Waals surface area (Å²) in [7, 11) is 0. The monoisotopic (exact) mass is 392 g/mol. The van der Waals surface area contributed by atoms with Gasteiger partial charge in [-0.05, 0) is 41.8 Å². The highest BCUT2D eigenvalue weighted by Crippen LogP contribution is 2.32. The second kappa shape index (κ2) is 8.68. The van der Waals surface area contributed by atoms with Gasteiger partial charge in [0, 0.05) is 18.9 Å². The molecule has 3 aromatic rings. The van der Waals surface area contributed by atoms with Crippen LogP contribution in [-0.2, 0) is 13.1 Å². The van der Waals surface area contributed by atoms with Crippen LogP contribution < -0.4 is 20.1 Å². The van der Waals surface area contributed by atoms with E-state index >= 15 is 0 Å². The molecule has 0 aliphatic carbocycles. The van der Waals surface area contributed by atoms with Gasteiger partial charge in [0.1, 0.15) is 13.2 Å². The van der Waals surface area contributed by atoms with Crippen molar-refractivity contribution in [3.8, 4) is 11.5 Å². The van der Waals surface area contributed by atoms with E-state index in [1.165, 1.54) is 0 Å². The second-order valence-electron chi connectivity index (χ2n) is 6.92. The summed E-state index contributed by atoms with van der Waals surface area (Å²) < 4.78 is 13.0. The van der Waals surface area contributed by atoms with E-state index in [1.807, 2.05) is 60.3 Å². The van der Waals surface area contributed by atoms with E-state index in [0.29, 0.717) is 26.3 Å². The Balaban J connectivity index is 1.34. The zero-order valence-corrected chi connectivity index (χ0v) is 16.3. The van der Waals surface area contributed by atoms with Crippen LogP contribution in [0.25, 0.3) is 0 Å². The lowest BCUT2D eigenvalue weighted by Gasteiger charge is -2.21. The van der Waals surface area contributed by atoms with Gasteiger partial charge in [-0.25, -0.2) is 4.79 Å². The van der Waals surface area contributed by atoms with Crippen LogP contribution >= 0.6 is 0 Å². The van der Waals surface area contributed by atoms with E-state index in [9.17, 15) is 4.79 Å². The highest BCUT2D eigenvalue weighted by Gasteiger charge is 2.16. The van der Waals surface area contributed by atoms with Crippen LogP contribution in [0.1, 0.15) is 29.7 Å². The van der Waals surface area contributed by atoms with Crippen molar-refractivity contribution in [3.63, 3.8) is 0 Å². The van der Waals surface area contributed by atoms with Crippen molar-refractivity contribution >= 4 is 6.03 Å². The minimum Gasteiger partial charge on any atom is -0.486 e. The summed E-state index contributed by atoms with van der Waals surface area (Å²) in [6.07, 6.45) is 3.68. The first kappa shape index (κ1) is 18.9. The van der Waals surface area contributed by atoms with E-state index in [0.717, 1.165) is 28.2 Å². The fraction of sp³-hybridized carbons (Fsp3) is 0.273. The number of carbonyl (C=O) groups excluding carboxylic acids is 1. The molecular weight excluding hydrogens is 368 g/mol. The van der Waals surface area contributed by atoms with Crippen LogP contribution in [-0.4, -0.2) is 29.0 Å². The number of hydrogen-bond acceptors (Lipinski definition) is 4. The minimum atomic E-state index is -0.221. The lowest BCUT2D eigenvalue weighted by molar-refractivity contribution is 0.171. The number of benzene rings is 2. The number of urea groups is 1. The molecule has 7 nitrogen and oxygen atoms in total. The van der Waals surface area contributed by atoms with Crippen LogP contribution in [0.15, 0.2) is 60.9 Å². The molecule has 7 heteroatoms. The number of fused-ring (bicyclic) bond motifs is 1. The topological polar surface area (TPSA) is 77.4 Å². The predicted octanol–water partition coefficient (Wildman–Crippen LogP) is 3.26. The average Bonchev–Trinajstić information content (AvgIpc) is 3.26. The minimum absolute atomic E-state index is 0.162. The van der Waals surface area contributed by atoms with Gasteiger partial charge in [0.25, 0.3) is 0 Å². The van der Waals surface area contributed by atoms with Crippen molar-refractivity contribution in [1.29, 1.82) is 0 Å². The molecule has 0 saturated heterocycles. The van der Waals surface area contributed by atoms with Gasteiger partial charge in [0.15, 0.2) is 11.5 Å². The van der Waals surface area contributed by atoms with Crippen molar-refractivity contribution in [1.82, 2.24) is 20.4 Å². The molecule has 1 aromatic heterocycles. The van der Waals surface area contributed by atoms with Crippen molar-refractivity contribution in [2.24, 2.45) is 0 Å². The molecule has 2 amide bonds. The van der Waals surface area contributed by atoms with Crippen LogP contribution in [0, 0.1) is 0 Å². The molecule has 1 unspecified atom stereocenters. The largest absolute Gasteiger partial charge is 0.486 e. The molecule has 0 saturated carbocycles. The van der Waals surface area contributed by atoms with Gasteiger partial charge in [-0.2, -0.15) is 5.10 Å². The fourth-order valence-corrected chi connectivity index (χ4v) is 3.29. The van der Waals surface area contributed by atoms with Crippen molar-refractivity contribution in [2.45, 2.75) is 26.1 Å². The molecular formula is C22H24N4O3. The molecule has 0 radical (unpaired) electrons. The van der Waals surface area contributed by atoms with Gasteiger partial charge in [0.05, 0.1) is 12.6 Å². The third-order valence-corrected chi connectivity index (χ3v) is 4.86. The molecule has 1 aliphatic heterocycles. The van der Waals surface area contributed by atoms with E-state index in [2.05, 4.69) is 21.8 Å². The first-order valence-electron chi connectivity index (χ1n) is 9.67. The maximum Gasteiger partial charge on any atom is 0.315 e. The average molecular weight is 392 g/mol. The normalized spacial score (nSPS) is 13.6. The Morgan fingerprint density at radius 2 is 1.90 bits per heavy atom. The van der Waals surface area contributed by atoms with Gasteiger partial charge in [-0.3, -0.25) is 4.68 Å². The Bertz CT molecular complexity index is 972. The highest BCUT2D eigenvalue weighted by atomic mass is 16.6. The van der Waals surface area contributed by atoms with Crippen molar-refractivity contribution in [2.75, 3.05) is 13.2 Å². The summed E-state index contributed by atoms with van der Waals surface area (Å²) in [5.74, 6) is 1.46. The van der Waals surface area contributed by atoms with Crippen molar-refractivity contribution < 1.29 is 14.3 Å². The molecule has 2 heterocycles. The molecule has 0 spiro atoms. The van der Waals surface area contributed by atoms with Gasteiger partial charge in [-0.15, -0.1) is 0 Å². The smallest absolute Gasteiger partial charge is 0.315 e. The first-order valence-corrected chi connectivity index (χ1v) is 9.67. The Morgan fingerprint density at radius 3 is 2.69 bits per heavy atom. The molecule has 0 bridgehead atoms. The predicted molar refractivity (Wildman–Crippen MR) is 109 cm³/mol. The highest BCUT2D eigenvalue weighted by molar-refractivity contribution is 5.74. The molecule has 150 valence electrons. The number of carbonyl (C=O) groups is 1.